The van der Waals surface area contributed by atoms with Crippen molar-refractivity contribution in [2.45, 2.75) is 38.1 Å². The molecule has 1 N–H and O–H groups in total. The molecular formula is C26H28O5. The molecule has 0 saturated heterocycles. The van der Waals surface area contributed by atoms with Gasteiger partial charge in [0.1, 0.15) is 18.3 Å². The van der Waals surface area contributed by atoms with Crippen LogP contribution in [0.3, 0.4) is 0 Å². The van der Waals surface area contributed by atoms with Gasteiger partial charge in [0.2, 0.25) is 0 Å². The third-order valence-electron chi connectivity index (χ3n) is 4.81. The van der Waals surface area contributed by atoms with Crippen LogP contribution in [0.4, 0.5) is 0 Å². The molecule has 5 heteroatoms. The van der Waals surface area contributed by atoms with Crippen LogP contribution in [-0.4, -0.2) is 36.3 Å². The van der Waals surface area contributed by atoms with Crippen LogP contribution in [0, 0.1) is 0 Å². The third-order valence-corrected chi connectivity index (χ3v) is 4.81. The molecule has 5 nitrogen and oxygen atoms in total. The van der Waals surface area contributed by atoms with E-state index < -0.39 is 18.3 Å². The van der Waals surface area contributed by atoms with Gasteiger partial charge in [0, 0.05) is 0 Å². The Bertz CT molecular complexity index is 870. The Morgan fingerprint density at radius 1 is 0.677 bits per heavy atom. The fourth-order valence-electron chi connectivity index (χ4n) is 3.14. The summed E-state index contributed by atoms with van der Waals surface area (Å²) in [4.78, 5) is 11.8. The Labute approximate surface area is 183 Å². The van der Waals surface area contributed by atoms with Crippen molar-refractivity contribution in [2.24, 2.45) is 0 Å². The molecule has 0 spiro atoms. The molecular weight excluding hydrogens is 392 g/mol. The van der Waals surface area contributed by atoms with E-state index in [1.807, 2.05) is 91.0 Å². The van der Waals surface area contributed by atoms with E-state index in [-0.39, 0.29) is 19.8 Å². The molecule has 0 unspecified atom stereocenters. The van der Waals surface area contributed by atoms with Crippen LogP contribution >= 0.6 is 0 Å². The molecule has 0 aliphatic rings. The first kappa shape index (κ1) is 22.8. The standard InChI is InChI=1S/C26H28O5/c27-16-25(30-18-22-12-6-2-7-13-22)26(31-19-23-14-8-3-9-15-23)24(28)20-29-17-21-10-4-1-5-11-21/h1-16,24-26,28H,17-20H2/t24-,25-,26-/m1/s1. The zero-order valence-corrected chi connectivity index (χ0v) is 17.4. The van der Waals surface area contributed by atoms with E-state index in [4.69, 9.17) is 14.2 Å². The largest absolute Gasteiger partial charge is 0.388 e. The minimum atomic E-state index is -1.03. The molecule has 3 atom stereocenters. The van der Waals surface area contributed by atoms with Gasteiger partial charge in [-0.2, -0.15) is 0 Å². The summed E-state index contributed by atoms with van der Waals surface area (Å²) in [6.45, 7) is 0.876. The molecule has 0 radical (unpaired) electrons. The van der Waals surface area contributed by atoms with E-state index in [1.165, 1.54) is 0 Å². The van der Waals surface area contributed by atoms with Crippen LogP contribution in [0.5, 0.6) is 0 Å². The van der Waals surface area contributed by atoms with Crippen LogP contribution < -0.4 is 0 Å². The Morgan fingerprint density at radius 2 is 1.13 bits per heavy atom. The molecule has 0 amide bonds. The number of aldehydes is 1. The van der Waals surface area contributed by atoms with Crippen molar-refractivity contribution in [3.63, 3.8) is 0 Å². The van der Waals surface area contributed by atoms with Gasteiger partial charge in [0.25, 0.3) is 0 Å². The van der Waals surface area contributed by atoms with Crippen molar-refractivity contribution in [1.29, 1.82) is 0 Å². The summed E-state index contributed by atoms with van der Waals surface area (Å²) in [6, 6.07) is 28.9. The molecule has 162 valence electrons. The van der Waals surface area contributed by atoms with E-state index in [9.17, 15) is 9.90 Å². The van der Waals surface area contributed by atoms with Crippen molar-refractivity contribution in [2.75, 3.05) is 6.61 Å². The Kier molecular flexibility index (Phi) is 9.41. The fourth-order valence-corrected chi connectivity index (χ4v) is 3.14. The first-order valence-corrected chi connectivity index (χ1v) is 10.3. The number of carbonyl (C=O) groups excluding carboxylic acids is 1. The van der Waals surface area contributed by atoms with Gasteiger partial charge in [-0.15, -0.1) is 0 Å². The number of carbonyl (C=O) groups is 1. The van der Waals surface area contributed by atoms with E-state index in [0.717, 1.165) is 16.7 Å². The number of aliphatic hydroxyl groups excluding tert-OH is 1. The maximum atomic E-state index is 11.8. The zero-order chi connectivity index (χ0) is 21.7. The maximum absolute atomic E-state index is 11.8. The van der Waals surface area contributed by atoms with Crippen LogP contribution in [0.2, 0.25) is 0 Å². The summed E-state index contributed by atoms with van der Waals surface area (Å²) in [5.41, 5.74) is 2.88. The molecule has 0 aliphatic heterocycles. The third kappa shape index (κ3) is 7.74. The van der Waals surface area contributed by atoms with Crippen molar-refractivity contribution in [1.82, 2.24) is 0 Å². The first-order valence-electron chi connectivity index (χ1n) is 10.3. The molecule has 31 heavy (non-hydrogen) atoms. The molecule has 0 aromatic heterocycles. The van der Waals surface area contributed by atoms with Gasteiger partial charge in [-0.3, -0.25) is 0 Å². The zero-order valence-electron chi connectivity index (χ0n) is 17.4. The second-order valence-corrected chi connectivity index (χ2v) is 7.23. The molecule has 0 heterocycles. The van der Waals surface area contributed by atoms with Gasteiger partial charge in [0.15, 0.2) is 6.29 Å². The lowest BCUT2D eigenvalue weighted by atomic mass is 10.1. The quantitative estimate of drug-likeness (QED) is 0.425. The summed E-state index contributed by atoms with van der Waals surface area (Å²) in [6.07, 6.45) is -2.14. The van der Waals surface area contributed by atoms with Crippen LogP contribution in [0.15, 0.2) is 91.0 Å². The average Bonchev–Trinajstić information content (AvgIpc) is 2.83. The van der Waals surface area contributed by atoms with Gasteiger partial charge in [-0.25, -0.2) is 0 Å². The molecule has 0 bridgehead atoms. The topological polar surface area (TPSA) is 65.0 Å². The van der Waals surface area contributed by atoms with Crippen molar-refractivity contribution < 1.29 is 24.1 Å². The Hall–Kier alpha value is -2.83. The highest BCUT2D eigenvalue weighted by molar-refractivity contribution is 5.57. The van der Waals surface area contributed by atoms with Gasteiger partial charge in [0.05, 0.1) is 26.4 Å². The highest BCUT2D eigenvalue weighted by atomic mass is 16.6. The first-order chi connectivity index (χ1) is 15.3. The number of hydrogen-bond donors (Lipinski definition) is 1. The highest BCUT2D eigenvalue weighted by Crippen LogP contribution is 2.15. The lowest BCUT2D eigenvalue weighted by molar-refractivity contribution is -0.156. The second-order valence-electron chi connectivity index (χ2n) is 7.23. The lowest BCUT2D eigenvalue weighted by Gasteiger charge is -2.28. The van der Waals surface area contributed by atoms with Crippen LogP contribution in [-0.2, 0) is 38.8 Å². The molecule has 3 rings (SSSR count). The van der Waals surface area contributed by atoms with Gasteiger partial charge in [-0.05, 0) is 16.7 Å². The van der Waals surface area contributed by atoms with E-state index in [2.05, 4.69) is 0 Å². The molecule has 0 saturated carbocycles. The van der Waals surface area contributed by atoms with E-state index in [1.54, 1.807) is 0 Å². The monoisotopic (exact) mass is 420 g/mol. The van der Waals surface area contributed by atoms with Crippen molar-refractivity contribution in [3.05, 3.63) is 108 Å². The summed E-state index contributed by atoms with van der Waals surface area (Å²) in [5, 5.41) is 10.8. The number of rotatable bonds is 13. The predicted molar refractivity (Wildman–Crippen MR) is 118 cm³/mol. The molecule has 0 fully saturated rings. The maximum Gasteiger partial charge on any atom is 0.151 e. The van der Waals surface area contributed by atoms with Crippen molar-refractivity contribution in [3.8, 4) is 0 Å². The Balaban J connectivity index is 1.62. The van der Waals surface area contributed by atoms with Crippen molar-refractivity contribution >= 4 is 6.29 Å². The van der Waals surface area contributed by atoms with Crippen LogP contribution in [0.25, 0.3) is 0 Å². The number of hydrogen-bond acceptors (Lipinski definition) is 5. The lowest BCUT2D eigenvalue weighted by Crippen LogP contribution is -2.44. The van der Waals surface area contributed by atoms with E-state index >= 15 is 0 Å². The second kappa shape index (κ2) is 12.8. The predicted octanol–water partition coefficient (Wildman–Crippen LogP) is 3.93. The summed E-state index contributed by atoms with van der Waals surface area (Å²) >= 11 is 0. The van der Waals surface area contributed by atoms with Crippen LogP contribution in [0.1, 0.15) is 16.7 Å². The minimum Gasteiger partial charge on any atom is -0.388 e. The fraction of sp³-hybridized carbons (Fsp3) is 0.269. The van der Waals surface area contributed by atoms with Gasteiger partial charge < -0.3 is 24.1 Å². The smallest absolute Gasteiger partial charge is 0.151 e. The van der Waals surface area contributed by atoms with Gasteiger partial charge in [-0.1, -0.05) is 91.0 Å². The highest BCUT2D eigenvalue weighted by Gasteiger charge is 2.30. The minimum absolute atomic E-state index is 0.0212. The number of ether oxygens (including phenoxy) is 3. The number of benzene rings is 3. The Morgan fingerprint density at radius 3 is 1.61 bits per heavy atom. The SMILES string of the molecule is O=C[C@@H](OCc1ccccc1)[C@H](OCc1ccccc1)[C@H](O)COCc1ccccc1. The summed E-state index contributed by atoms with van der Waals surface area (Å²) < 4.78 is 17.4. The average molecular weight is 421 g/mol. The summed E-state index contributed by atoms with van der Waals surface area (Å²) in [5.74, 6) is 0. The normalized spacial score (nSPS) is 14.0. The van der Waals surface area contributed by atoms with Gasteiger partial charge >= 0.3 is 0 Å². The summed E-state index contributed by atoms with van der Waals surface area (Å²) in [7, 11) is 0. The number of aliphatic hydroxyl groups is 1. The molecule has 3 aromatic carbocycles. The van der Waals surface area contributed by atoms with E-state index in [0.29, 0.717) is 12.9 Å². The molecule has 3 aromatic rings. The molecule has 0 aliphatic carbocycles.